The van der Waals surface area contributed by atoms with Gasteiger partial charge in [-0.25, -0.2) is 27.4 Å². The molecule has 9 heteroatoms. The Morgan fingerprint density at radius 3 is 1.96 bits per heavy atom. The molecule has 0 aliphatic carbocycles. The molecular weight excluding hydrogens is 383 g/mol. The van der Waals surface area contributed by atoms with E-state index in [1.54, 1.807) is 12.1 Å². The quantitative estimate of drug-likeness (QED) is 0.269. The summed E-state index contributed by atoms with van der Waals surface area (Å²) in [6.07, 6.45) is 0.326. The van der Waals surface area contributed by atoms with E-state index in [2.05, 4.69) is 5.10 Å². The molecule has 2 rings (SSSR count). The van der Waals surface area contributed by atoms with Crippen molar-refractivity contribution < 1.29 is 31.5 Å². The van der Waals surface area contributed by atoms with E-state index in [1.165, 1.54) is 0 Å². The van der Waals surface area contributed by atoms with Gasteiger partial charge in [0.15, 0.2) is 29.9 Å². The molecule has 1 N–H and O–H groups in total. The molecule has 0 fully saturated rings. The second-order valence-corrected chi connectivity index (χ2v) is 6.84. The number of hydrogen-bond acceptors (Lipinski definition) is 3. The van der Waals surface area contributed by atoms with E-state index in [-0.39, 0.29) is 5.41 Å². The van der Waals surface area contributed by atoms with Gasteiger partial charge in [-0.05, 0) is 23.1 Å². The third-order valence-corrected chi connectivity index (χ3v) is 3.72. The summed E-state index contributed by atoms with van der Waals surface area (Å²) >= 11 is 0. The summed E-state index contributed by atoms with van der Waals surface area (Å²) in [7, 11) is 0. The van der Waals surface area contributed by atoms with E-state index in [9.17, 15) is 26.7 Å². The van der Waals surface area contributed by atoms with Crippen molar-refractivity contribution >= 4 is 12.1 Å². The van der Waals surface area contributed by atoms with Crippen LogP contribution in [0.3, 0.4) is 0 Å². The van der Waals surface area contributed by atoms with Crippen LogP contribution in [-0.4, -0.2) is 18.7 Å². The third-order valence-electron chi connectivity index (χ3n) is 3.72. The Balaban J connectivity index is 1.96. The Morgan fingerprint density at radius 2 is 1.46 bits per heavy atom. The largest absolute Gasteiger partial charge is 0.484 e. The molecule has 0 saturated heterocycles. The van der Waals surface area contributed by atoms with Gasteiger partial charge in [0.2, 0.25) is 5.82 Å². The number of amides is 1. The molecule has 0 spiro atoms. The van der Waals surface area contributed by atoms with Crippen LogP contribution in [0.1, 0.15) is 31.9 Å². The Labute approximate surface area is 158 Å². The third kappa shape index (κ3) is 4.85. The molecule has 0 atom stereocenters. The van der Waals surface area contributed by atoms with Crippen LogP contribution in [0.2, 0.25) is 0 Å². The monoisotopic (exact) mass is 400 g/mol. The molecule has 0 aromatic heterocycles. The average molecular weight is 400 g/mol. The average Bonchev–Trinajstić information content (AvgIpc) is 2.65. The number of nitrogens with one attached hydrogen (secondary N) is 1. The van der Waals surface area contributed by atoms with Gasteiger partial charge < -0.3 is 4.74 Å². The lowest BCUT2D eigenvalue weighted by Crippen LogP contribution is -2.24. The fraction of sp³-hybridized carbons (Fsp3) is 0.263. The summed E-state index contributed by atoms with van der Waals surface area (Å²) in [5, 5.41) is 3.19. The predicted octanol–water partition coefficient (Wildman–Crippen LogP) is 4.21. The Morgan fingerprint density at radius 1 is 0.964 bits per heavy atom. The molecule has 28 heavy (non-hydrogen) atoms. The number of hydrogen-bond donors (Lipinski definition) is 1. The number of rotatable bonds is 5. The molecule has 0 aliphatic rings. The van der Waals surface area contributed by atoms with Gasteiger partial charge in [-0.1, -0.05) is 32.9 Å². The first-order chi connectivity index (χ1) is 13.0. The van der Waals surface area contributed by atoms with Crippen molar-refractivity contribution in [2.75, 3.05) is 6.61 Å². The van der Waals surface area contributed by atoms with E-state index < -0.39 is 47.2 Å². The highest BCUT2D eigenvalue weighted by Gasteiger charge is 2.24. The van der Waals surface area contributed by atoms with E-state index >= 15 is 0 Å². The summed E-state index contributed by atoms with van der Waals surface area (Å²) in [6.45, 7) is 5.65. The molecule has 0 heterocycles. The highest BCUT2D eigenvalue weighted by molar-refractivity contribution is 5.83. The predicted molar refractivity (Wildman–Crippen MR) is 92.6 cm³/mol. The topological polar surface area (TPSA) is 50.7 Å². The zero-order chi connectivity index (χ0) is 21.1. The number of carbonyl (C=O) groups excluding carboxylic acids is 1. The van der Waals surface area contributed by atoms with E-state index in [0.29, 0.717) is 12.0 Å². The number of halogens is 5. The normalized spacial score (nSPS) is 11.7. The number of nitrogens with zero attached hydrogens (tertiary/aromatic N) is 1. The number of hydrazone groups is 1. The second kappa shape index (κ2) is 8.37. The highest BCUT2D eigenvalue weighted by atomic mass is 19.2. The summed E-state index contributed by atoms with van der Waals surface area (Å²) in [5.74, 6) is -11.0. The van der Waals surface area contributed by atoms with Gasteiger partial charge in [0.1, 0.15) is 5.75 Å². The van der Waals surface area contributed by atoms with Crippen molar-refractivity contribution in [3.63, 3.8) is 0 Å². The van der Waals surface area contributed by atoms with Crippen LogP contribution in [0, 0.1) is 29.1 Å². The molecule has 2 aromatic carbocycles. The van der Waals surface area contributed by atoms with Crippen molar-refractivity contribution in [3.05, 3.63) is 64.5 Å². The smallest absolute Gasteiger partial charge is 0.277 e. The number of ether oxygens (including phenoxy) is 1. The molecule has 2 aromatic rings. The van der Waals surface area contributed by atoms with Gasteiger partial charge in [-0.3, -0.25) is 4.79 Å². The molecule has 4 nitrogen and oxygen atoms in total. The van der Waals surface area contributed by atoms with Crippen LogP contribution in [0.15, 0.2) is 29.4 Å². The second-order valence-electron chi connectivity index (χ2n) is 6.84. The zero-order valence-electron chi connectivity index (χ0n) is 15.2. The molecule has 1 amide bonds. The Kier molecular flexibility index (Phi) is 6.37. The molecule has 0 saturated carbocycles. The van der Waals surface area contributed by atoms with Crippen LogP contribution < -0.4 is 10.2 Å². The lowest BCUT2D eigenvalue weighted by atomic mass is 9.87. The molecule has 150 valence electrons. The first kappa shape index (κ1) is 21.3. The number of carbonyl (C=O) groups is 1. The zero-order valence-corrected chi connectivity index (χ0v) is 15.2. The van der Waals surface area contributed by atoms with Crippen molar-refractivity contribution in [1.82, 2.24) is 5.43 Å². The summed E-state index contributed by atoms with van der Waals surface area (Å²) < 4.78 is 71.2. The maximum absolute atomic E-state index is 13.5. The van der Waals surface area contributed by atoms with Crippen molar-refractivity contribution in [3.8, 4) is 5.75 Å². The maximum atomic E-state index is 13.5. The molecule has 0 unspecified atom stereocenters. The number of benzene rings is 2. The van der Waals surface area contributed by atoms with Crippen molar-refractivity contribution in [2.24, 2.45) is 5.10 Å². The van der Waals surface area contributed by atoms with Crippen LogP contribution >= 0.6 is 0 Å². The molecular formula is C19H17F5N2O2. The SMILES string of the molecule is CC(C)(C)c1ccc(OCC(=O)N/N=C/c2c(F)c(F)c(F)c(F)c2F)cc1. The molecule has 0 radical (unpaired) electrons. The van der Waals surface area contributed by atoms with Gasteiger partial charge in [0.05, 0.1) is 11.8 Å². The fourth-order valence-electron chi connectivity index (χ4n) is 2.14. The van der Waals surface area contributed by atoms with Crippen LogP contribution in [0.25, 0.3) is 0 Å². The van der Waals surface area contributed by atoms with Gasteiger partial charge >= 0.3 is 0 Å². The van der Waals surface area contributed by atoms with Crippen LogP contribution in [0.4, 0.5) is 22.0 Å². The Bertz CT molecular complexity index is 877. The minimum atomic E-state index is -2.28. The minimum absolute atomic E-state index is 0.0472. The van der Waals surface area contributed by atoms with Crippen LogP contribution in [0.5, 0.6) is 5.75 Å². The first-order valence-electron chi connectivity index (χ1n) is 8.09. The van der Waals surface area contributed by atoms with E-state index in [4.69, 9.17) is 4.74 Å². The van der Waals surface area contributed by atoms with E-state index in [0.717, 1.165) is 5.56 Å². The fourth-order valence-corrected chi connectivity index (χ4v) is 2.14. The summed E-state index contributed by atoms with van der Waals surface area (Å²) in [4.78, 5) is 11.6. The highest BCUT2D eigenvalue weighted by Crippen LogP contribution is 2.24. The van der Waals surface area contributed by atoms with Crippen molar-refractivity contribution in [1.29, 1.82) is 0 Å². The van der Waals surface area contributed by atoms with Gasteiger partial charge in [0.25, 0.3) is 5.91 Å². The summed E-state index contributed by atoms with van der Waals surface area (Å²) in [5.41, 5.74) is 1.63. The van der Waals surface area contributed by atoms with E-state index in [1.807, 2.05) is 38.3 Å². The lowest BCUT2D eigenvalue weighted by molar-refractivity contribution is -0.123. The lowest BCUT2D eigenvalue weighted by Gasteiger charge is -2.19. The maximum Gasteiger partial charge on any atom is 0.277 e. The molecule has 0 aliphatic heterocycles. The minimum Gasteiger partial charge on any atom is -0.484 e. The standard InChI is InChI=1S/C19H17F5N2O2/c1-19(2,3)10-4-6-11(7-5-10)28-9-13(27)26-25-8-12-14(20)16(22)18(24)17(23)15(12)21/h4-8H,9H2,1-3H3,(H,26,27)/b25-8+. The van der Waals surface area contributed by atoms with Crippen LogP contribution in [-0.2, 0) is 10.2 Å². The van der Waals surface area contributed by atoms with Gasteiger partial charge in [0, 0.05) is 0 Å². The summed E-state index contributed by atoms with van der Waals surface area (Å²) in [6, 6.07) is 7.03. The van der Waals surface area contributed by atoms with Gasteiger partial charge in [-0.2, -0.15) is 5.10 Å². The Hall–Kier alpha value is -2.97. The van der Waals surface area contributed by atoms with Crippen molar-refractivity contribution in [2.45, 2.75) is 26.2 Å². The molecule has 0 bridgehead atoms. The van der Waals surface area contributed by atoms with Gasteiger partial charge in [-0.15, -0.1) is 0 Å². The first-order valence-corrected chi connectivity index (χ1v) is 8.09.